The number of carboxylic acid groups (broad SMARTS) is 1. The summed E-state index contributed by atoms with van der Waals surface area (Å²) in [6.07, 6.45) is 2.16. The number of anilines is 1. The van der Waals surface area contributed by atoms with Gasteiger partial charge >= 0.3 is 0 Å². The number of fused-ring (bicyclic) bond motifs is 2. The molecule has 180 valence electrons. The van der Waals surface area contributed by atoms with Crippen molar-refractivity contribution in [3.63, 3.8) is 0 Å². The predicted octanol–water partition coefficient (Wildman–Crippen LogP) is 2.28. The van der Waals surface area contributed by atoms with E-state index < -0.39 is 5.97 Å². The van der Waals surface area contributed by atoms with Crippen LogP contribution in [0, 0.1) is 0 Å². The molecule has 1 aliphatic rings. The molecule has 2 aromatic heterocycles. The standard InChI is InChI=1S/C25H24N3OS2.C2H4O2/c1-4-27-18(15-14-17-10-6-7-11-19(17)27)16-22-28(5-2)24(29)23(31-22)25-26(3)20-12-8-9-13-21(20)30-25;1-2(3)4/h6-16H,4-5H2,1-3H3;1H3,(H,3,4)/q+1;/p-1/b25-23+;. The minimum atomic E-state index is -1.08. The average Bonchev–Trinajstić information content (AvgIpc) is 3.34. The van der Waals surface area contributed by atoms with Gasteiger partial charge in [0.2, 0.25) is 11.2 Å². The number of carboxylic acids is 1. The number of carbonyl (C=O) groups excluding carboxylic acids is 1. The topological polar surface area (TPSA) is 69.2 Å². The molecule has 35 heavy (non-hydrogen) atoms. The monoisotopic (exact) mass is 505 g/mol. The van der Waals surface area contributed by atoms with Crippen LogP contribution in [0.2, 0.25) is 0 Å². The maximum atomic E-state index is 13.3. The Balaban J connectivity index is 0.000000672. The van der Waals surface area contributed by atoms with Crippen molar-refractivity contribution >= 4 is 56.8 Å². The minimum absolute atomic E-state index is 0.0877. The lowest BCUT2D eigenvalue weighted by Crippen LogP contribution is -2.38. The molecule has 0 saturated heterocycles. The summed E-state index contributed by atoms with van der Waals surface area (Å²) in [6, 6.07) is 21.0. The summed E-state index contributed by atoms with van der Waals surface area (Å²) in [5.74, 6) is -1.08. The number of hydrogen-bond donors (Lipinski definition) is 0. The van der Waals surface area contributed by atoms with Crippen molar-refractivity contribution in [2.45, 2.75) is 38.8 Å². The minimum Gasteiger partial charge on any atom is -0.550 e. The molecule has 0 unspecified atom stereocenters. The van der Waals surface area contributed by atoms with Gasteiger partial charge < -0.3 is 14.8 Å². The Bertz CT molecular complexity index is 1580. The first kappa shape index (κ1) is 24.8. The highest BCUT2D eigenvalue weighted by molar-refractivity contribution is 8.08. The van der Waals surface area contributed by atoms with Crippen molar-refractivity contribution < 1.29 is 14.5 Å². The third-order valence-corrected chi connectivity index (χ3v) is 8.21. The van der Waals surface area contributed by atoms with Crippen LogP contribution in [0.3, 0.4) is 0 Å². The fraction of sp³-hybridized carbons (Fsp3) is 0.222. The maximum absolute atomic E-state index is 13.3. The zero-order chi connectivity index (χ0) is 25.1. The molecule has 3 heterocycles. The van der Waals surface area contributed by atoms with E-state index >= 15 is 0 Å². The molecule has 0 amide bonds. The van der Waals surface area contributed by atoms with Crippen LogP contribution < -0.4 is 29.3 Å². The van der Waals surface area contributed by atoms with E-state index in [0.29, 0.717) is 6.54 Å². The molecule has 2 aromatic carbocycles. The second-order valence-corrected chi connectivity index (χ2v) is 10.0. The van der Waals surface area contributed by atoms with Gasteiger partial charge in [0.15, 0.2) is 0 Å². The van der Waals surface area contributed by atoms with Crippen LogP contribution in [-0.4, -0.2) is 17.6 Å². The molecule has 8 heteroatoms. The fourth-order valence-corrected chi connectivity index (χ4v) is 6.62. The van der Waals surface area contributed by atoms with Gasteiger partial charge in [0, 0.05) is 48.1 Å². The lowest BCUT2D eigenvalue weighted by Gasteiger charge is -2.11. The Morgan fingerprint density at radius 3 is 2.43 bits per heavy atom. The van der Waals surface area contributed by atoms with E-state index in [2.05, 4.69) is 71.0 Å². The molecule has 0 aliphatic carbocycles. The number of carbonyl (C=O) groups is 1. The molecule has 1 aliphatic heterocycles. The van der Waals surface area contributed by atoms with Crippen LogP contribution in [0.25, 0.3) is 22.0 Å². The number of aryl methyl sites for hydroxylation is 1. The van der Waals surface area contributed by atoms with Gasteiger partial charge in [-0.05, 0) is 45.0 Å². The van der Waals surface area contributed by atoms with Gasteiger partial charge in [0.25, 0.3) is 5.56 Å². The van der Waals surface area contributed by atoms with Gasteiger partial charge in [-0.15, -0.1) is 11.3 Å². The number of aliphatic carboxylic acids is 1. The van der Waals surface area contributed by atoms with Crippen molar-refractivity contribution in [1.29, 1.82) is 0 Å². The molecular formula is C27H27N3O3S2. The lowest BCUT2D eigenvalue weighted by atomic mass is 10.2. The number of benzene rings is 2. The number of hydrogen-bond acceptors (Lipinski definition) is 6. The number of thioether (sulfide) groups is 1. The molecule has 0 N–H and O–H groups in total. The van der Waals surface area contributed by atoms with Crippen molar-refractivity contribution in [2.75, 3.05) is 11.9 Å². The van der Waals surface area contributed by atoms with E-state index in [1.165, 1.54) is 15.8 Å². The normalized spacial score (nSPS) is 14.6. The number of nitrogens with zero attached hydrogens (tertiary/aromatic N) is 3. The van der Waals surface area contributed by atoms with Crippen LogP contribution >= 0.6 is 23.1 Å². The molecule has 0 bridgehead atoms. The van der Waals surface area contributed by atoms with Crippen molar-refractivity contribution in [1.82, 2.24) is 4.57 Å². The van der Waals surface area contributed by atoms with Gasteiger partial charge in [-0.2, -0.15) is 4.57 Å². The van der Waals surface area contributed by atoms with Crippen LogP contribution in [0.15, 0.2) is 70.4 Å². The van der Waals surface area contributed by atoms with E-state index in [-0.39, 0.29) is 5.56 Å². The number of pyridine rings is 1. The van der Waals surface area contributed by atoms with E-state index in [1.54, 1.807) is 23.1 Å². The molecule has 6 nitrogen and oxygen atoms in total. The fourth-order valence-electron chi connectivity index (χ4n) is 4.15. The summed E-state index contributed by atoms with van der Waals surface area (Å²) >= 11 is 3.26. The van der Waals surface area contributed by atoms with Crippen molar-refractivity contribution in [3.8, 4) is 0 Å². The number of thiazole rings is 1. The number of para-hydroxylation sites is 2. The maximum Gasteiger partial charge on any atom is 0.271 e. The van der Waals surface area contributed by atoms with E-state index in [4.69, 9.17) is 9.90 Å². The second-order valence-electron chi connectivity index (χ2n) is 7.95. The Morgan fingerprint density at radius 2 is 1.74 bits per heavy atom. The quantitative estimate of drug-likeness (QED) is 0.400. The van der Waals surface area contributed by atoms with Gasteiger partial charge in [0.05, 0.1) is 5.69 Å². The Hall–Kier alpha value is -3.36. The Morgan fingerprint density at radius 1 is 1.06 bits per heavy atom. The van der Waals surface area contributed by atoms with Gasteiger partial charge in [0.1, 0.15) is 20.8 Å². The third kappa shape index (κ3) is 4.90. The average molecular weight is 506 g/mol. The zero-order valence-corrected chi connectivity index (χ0v) is 21.8. The van der Waals surface area contributed by atoms with Gasteiger partial charge in [-0.1, -0.05) is 36.0 Å². The summed E-state index contributed by atoms with van der Waals surface area (Å²) in [4.78, 5) is 25.6. The smallest absolute Gasteiger partial charge is 0.271 e. The van der Waals surface area contributed by atoms with Crippen LogP contribution in [0.4, 0.5) is 5.69 Å². The number of aromatic nitrogens is 2. The largest absolute Gasteiger partial charge is 0.550 e. The highest BCUT2D eigenvalue weighted by atomic mass is 32.2. The summed E-state index contributed by atoms with van der Waals surface area (Å²) in [5.41, 5.74) is 3.56. The molecular weight excluding hydrogens is 478 g/mol. The lowest BCUT2D eigenvalue weighted by molar-refractivity contribution is -0.669. The SMILES string of the molecule is CC(=O)[O-].CCn1c(=O)/c(=C2\Sc3ccccc3N2C)s/c1=C/c1ccc2ccccc2[n+]1CC. The highest BCUT2D eigenvalue weighted by Gasteiger charge is 2.24. The molecule has 5 rings (SSSR count). The Labute approximate surface area is 212 Å². The first-order chi connectivity index (χ1) is 16.8. The van der Waals surface area contributed by atoms with Gasteiger partial charge in [-0.25, -0.2) is 0 Å². The van der Waals surface area contributed by atoms with Crippen LogP contribution in [0.5, 0.6) is 0 Å². The molecule has 0 saturated carbocycles. The number of rotatable bonds is 3. The first-order valence-electron chi connectivity index (χ1n) is 11.4. The molecule has 4 aromatic rings. The Kier molecular flexibility index (Phi) is 7.42. The summed E-state index contributed by atoms with van der Waals surface area (Å²) in [7, 11) is 2.04. The highest BCUT2D eigenvalue weighted by Crippen LogP contribution is 2.44. The van der Waals surface area contributed by atoms with E-state index in [0.717, 1.165) is 39.1 Å². The van der Waals surface area contributed by atoms with E-state index in [9.17, 15) is 4.79 Å². The van der Waals surface area contributed by atoms with E-state index in [1.807, 2.05) is 30.7 Å². The summed E-state index contributed by atoms with van der Waals surface area (Å²) in [6.45, 7) is 6.69. The van der Waals surface area contributed by atoms with Crippen LogP contribution in [0.1, 0.15) is 26.5 Å². The van der Waals surface area contributed by atoms with Gasteiger partial charge in [-0.3, -0.25) is 9.36 Å². The van der Waals surface area contributed by atoms with Crippen molar-refractivity contribution in [2.24, 2.45) is 0 Å². The summed E-state index contributed by atoms with van der Waals surface area (Å²) in [5, 5.41) is 11.1. The molecule has 0 radical (unpaired) electrons. The predicted molar refractivity (Wildman–Crippen MR) is 142 cm³/mol. The second kappa shape index (κ2) is 10.5. The van der Waals surface area contributed by atoms with Crippen molar-refractivity contribution in [3.05, 3.63) is 85.9 Å². The zero-order valence-electron chi connectivity index (χ0n) is 20.1. The van der Waals surface area contributed by atoms with Crippen LogP contribution in [-0.2, 0) is 17.9 Å². The molecule has 0 spiro atoms. The summed E-state index contributed by atoms with van der Waals surface area (Å²) < 4.78 is 5.98. The molecule has 0 fully saturated rings. The third-order valence-electron chi connectivity index (χ3n) is 5.72. The molecule has 0 atom stereocenters. The first-order valence-corrected chi connectivity index (χ1v) is 13.0.